The van der Waals surface area contributed by atoms with E-state index in [9.17, 15) is 9.59 Å². The highest BCUT2D eigenvalue weighted by Gasteiger charge is 2.21. The van der Waals surface area contributed by atoms with Crippen LogP contribution < -0.4 is 5.32 Å². The predicted molar refractivity (Wildman–Crippen MR) is 118 cm³/mol. The van der Waals surface area contributed by atoms with E-state index in [1.807, 2.05) is 61.5 Å². The summed E-state index contributed by atoms with van der Waals surface area (Å²) >= 11 is 2.89. The maximum absolute atomic E-state index is 12.5. The van der Waals surface area contributed by atoms with E-state index in [0.717, 1.165) is 25.7 Å². The van der Waals surface area contributed by atoms with Crippen LogP contribution in [0, 0.1) is 6.92 Å². The number of hydrogen-bond donors (Lipinski definition) is 1. The number of aromatic nitrogens is 1. The second-order valence-electron chi connectivity index (χ2n) is 6.50. The standard InChI is InChI=1S/C22H18N2O3S2/c1-13-7-3-4-8-15(13)23-20(25)14(2)27-22(26)19-12-11-18(28-19)21-24-16-9-5-6-10-17(16)29-21/h3-12,14H,1-2H3,(H,23,25). The van der Waals surface area contributed by atoms with Gasteiger partial charge in [-0.3, -0.25) is 4.79 Å². The summed E-state index contributed by atoms with van der Waals surface area (Å²) in [6.45, 7) is 3.47. The Morgan fingerprint density at radius 2 is 1.76 bits per heavy atom. The average molecular weight is 423 g/mol. The van der Waals surface area contributed by atoms with Gasteiger partial charge in [-0.25, -0.2) is 9.78 Å². The van der Waals surface area contributed by atoms with E-state index in [0.29, 0.717) is 10.6 Å². The van der Waals surface area contributed by atoms with Gasteiger partial charge in [0.05, 0.1) is 15.1 Å². The third-order valence-corrected chi connectivity index (χ3v) is 6.64. The molecule has 1 N–H and O–H groups in total. The van der Waals surface area contributed by atoms with Gasteiger partial charge in [0.2, 0.25) is 0 Å². The molecule has 2 aromatic heterocycles. The Labute approximate surface area is 176 Å². The molecule has 2 aromatic carbocycles. The molecule has 0 fully saturated rings. The lowest BCUT2D eigenvalue weighted by atomic mass is 10.2. The molecule has 7 heteroatoms. The molecule has 0 aliphatic carbocycles. The third-order valence-electron chi connectivity index (χ3n) is 4.37. The summed E-state index contributed by atoms with van der Waals surface area (Å²) in [5.74, 6) is -0.884. The Kier molecular flexibility index (Phi) is 5.42. The molecule has 0 saturated heterocycles. The smallest absolute Gasteiger partial charge is 0.349 e. The first-order valence-corrected chi connectivity index (χ1v) is 10.7. The minimum absolute atomic E-state index is 0.365. The molecule has 146 valence electrons. The van der Waals surface area contributed by atoms with Crippen LogP contribution in [0.3, 0.4) is 0 Å². The lowest BCUT2D eigenvalue weighted by Gasteiger charge is -2.14. The van der Waals surface area contributed by atoms with E-state index in [1.165, 1.54) is 11.3 Å². The van der Waals surface area contributed by atoms with Crippen molar-refractivity contribution in [3.8, 4) is 9.88 Å². The SMILES string of the molecule is Cc1ccccc1NC(=O)C(C)OC(=O)c1ccc(-c2nc3ccccc3s2)s1. The molecule has 0 aliphatic heterocycles. The number of fused-ring (bicyclic) bond motifs is 1. The maximum Gasteiger partial charge on any atom is 0.349 e. The van der Waals surface area contributed by atoms with Crippen LogP contribution in [-0.4, -0.2) is 23.0 Å². The summed E-state index contributed by atoms with van der Waals surface area (Å²) in [5, 5.41) is 3.65. The molecular formula is C22H18N2O3S2. The molecule has 1 unspecified atom stereocenters. The summed E-state index contributed by atoms with van der Waals surface area (Å²) in [6.07, 6.45) is -0.907. The van der Waals surface area contributed by atoms with Crippen molar-refractivity contribution < 1.29 is 14.3 Å². The van der Waals surface area contributed by atoms with Gasteiger partial charge in [-0.05, 0) is 49.7 Å². The van der Waals surface area contributed by atoms with E-state index in [4.69, 9.17) is 4.74 Å². The summed E-state index contributed by atoms with van der Waals surface area (Å²) in [4.78, 5) is 30.8. The van der Waals surface area contributed by atoms with Crippen LogP contribution in [0.2, 0.25) is 0 Å². The number of nitrogens with zero attached hydrogens (tertiary/aromatic N) is 1. The normalized spacial score (nSPS) is 11.9. The molecule has 4 rings (SSSR count). The van der Waals surface area contributed by atoms with Crippen molar-refractivity contribution in [3.63, 3.8) is 0 Å². The first kappa shape index (κ1) is 19.3. The van der Waals surface area contributed by atoms with Gasteiger partial charge in [0.25, 0.3) is 5.91 Å². The minimum Gasteiger partial charge on any atom is -0.448 e. The number of nitrogens with one attached hydrogen (secondary N) is 1. The van der Waals surface area contributed by atoms with Crippen LogP contribution in [0.15, 0.2) is 60.7 Å². The van der Waals surface area contributed by atoms with Crippen molar-refractivity contribution in [3.05, 3.63) is 71.1 Å². The Hall–Kier alpha value is -3.03. The van der Waals surface area contributed by atoms with Gasteiger partial charge in [-0.2, -0.15) is 0 Å². The Morgan fingerprint density at radius 3 is 2.55 bits per heavy atom. The second-order valence-corrected chi connectivity index (χ2v) is 8.62. The number of carbonyl (C=O) groups is 2. The molecule has 29 heavy (non-hydrogen) atoms. The lowest BCUT2D eigenvalue weighted by molar-refractivity contribution is -0.123. The van der Waals surface area contributed by atoms with Crippen LogP contribution in [0.1, 0.15) is 22.2 Å². The van der Waals surface area contributed by atoms with E-state index in [1.54, 1.807) is 24.3 Å². The van der Waals surface area contributed by atoms with Gasteiger partial charge in [-0.15, -0.1) is 22.7 Å². The van der Waals surface area contributed by atoms with Gasteiger partial charge in [0, 0.05) is 5.69 Å². The van der Waals surface area contributed by atoms with Gasteiger partial charge in [0.1, 0.15) is 9.88 Å². The number of thiazole rings is 1. The minimum atomic E-state index is -0.907. The van der Waals surface area contributed by atoms with Crippen LogP contribution in [0.4, 0.5) is 5.69 Å². The molecule has 0 radical (unpaired) electrons. The van der Waals surface area contributed by atoms with Gasteiger partial charge < -0.3 is 10.1 Å². The molecule has 0 saturated carbocycles. The van der Waals surface area contributed by atoms with Crippen molar-refractivity contribution in [1.82, 2.24) is 4.98 Å². The molecule has 0 spiro atoms. The van der Waals surface area contributed by atoms with Crippen LogP contribution in [-0.2, 0) is 9.53 Å². The molecule has 5 nitrogen and oxygen atoms in total. The number of thiophene rings is 1. The number of anilines is 1. The fourth-order valence-electron chi connectivity index (χ4n) is 2.76. The van der Waals surface area contributed by atoms with Gasteiger partial charge in [-0.1, -0.05) is 30.3 Å². The second kappa shape index (κ2) is 8.14. The zero-order valence-electron chi connectivity index (χ0n) is 15.8. The number of para-hydroxylation sites is 2. The summed E-state index contributed by atoms with van der Waals surface area (Å²) in [7, 11) is 0. The Bertz CT molecular complexity index is 1160. The average Bonchev–Trinajstić information content (AvgIpc) is 3.36. The highest BCUT2D eigenvalue weighted by molar-refractivity contribution is 7.26. The number of carbonyl (C=O) groups excluding carboxylic acids is 2. The molecule has 4 aromatic rings. The van der Waals surface area contributed by atoms with Crippen molar-refractivity contribution in [2.75, 3.05) is 5.32 Å². The van der Waals surface area contributed by atoms with E-state index in [2.05, 4.69) is 10.3 Å². The fraction of sp³-hybridized carbons (Fsp3) is 0.136. The number of rotatable bonds is 5. The van der Waals surface area contributed by atoms with Crippen molar-refractivity contribution in [2.45, 2.75) is 20.0 Å². The zero-order valence-corrected chi connectivity index (χ0v) is 17.5. The first-order chi connectivity index (χ1) is 14.0. The Balaban J connectivity index is 1.43. The van der Waals surface area contributed by atoms with Crippen molar-refractivity contribution in [2.24, 2.45) is 0 Å². The molecule has 0 aliphatic rings. The maximum atomic E-state index is 12.5. The van der Waals surface area contributed by atoms with Crippen molar-refractivity contribution >= 4 is 50.5 Å². The molecular weight excluding hydrogens is 404 g/mol. The van der Waals surface area contributed by atoms with Gasteiger partial charge >= 0.3 is 5.97 Å². The lowest BCUT2D eigenvalue weighted by Crippen LogP contribution is -2.30. The quantitative estimate of drug-likeness (QED) is 0.430. The third kappa shape index (κ3) is 4.21. The van der Waals surface area contributed by atoms with Gasteiger partial charge in [0.15, 0.2) is 6.10 Å². The molecule has 1 amide bonds. The number of amides is 1. The molecule has 1 atom stereocenters. The molecule has 0 bridgehead atoms. The van der Waals surface area contributed by atoms with E-state index < -0.39 is 12.1 Å². The molecule has 2 heterocycles. The highest BCUT2D eigenvalue weighted by Crippen LogP contribution is 2.34. The zero-order chi connectivity index (χ0) is 20.4. The summed E-state index contributed by atoms with van der Waals surface area (Å²) in [6, 6.07) is 18.9. The summed E-state index contributed by atoms with van der Waals surface area (Å²) < 4.78 is 6.46. The monoisotopic (exact) mass is 422 g/mol. The topological polar surface area (TPSA) is 68.3 Å². The number of benzene rings is 2. The van der Waals surface area contributed by atoms with Crippen LogP contribution in [0.25, 0.3) is 20.1 Å². The largest absolute Gasteiger partial charge is 0.448 e. The van der Waals surface area contributed by atoms with E-state index in [-0.39, 0.29) is 5.91 Å². The van der Waals surface area contributed by atoms with Crippen molar-refractivity contribution in [1.29, 1.82) is 0 Å². The van der Waals surface area contributed by atoms with E-state index >= 15 is 0 Å². The number of aryl methyl sites for hydroxylation is 1. The Morgan fingerprint density at radius 1 is 1.00 bits per heavy atom. The number of hydrogen-bond acceptors (Lipinski definition) is 6. The van der Waals surface area contributed by atoms with Crippen LogP contribution >= 0.6 is 22.7 Å². The summed E-state index contributed by atoms with van der Waals surface area (Å²) in [5.41, 5.74) is 2.58. The highest BCUT2D eigenvalue weighted by atomic mass is 32.1. The van der Waals surface area contributed by atoms with Crippen LogP contribution in [0.5, 0.6) is 0 Å². The number of ether oxygens (including phenoxy) is 1. The number of esters is 1. The fourth-order valence-corrected chi connectivity index (χ4v) is 4.67. The first-order valence-electron chi connectivity index (χ1n) is 9.04. The predicted octanol–water partition coefficient (Wildman–Crippen LogP) is 5.52.